The van der Waals surface area contributed by atoms with Crippen molar-refractivity contribution in [3.8, 4) is 0 Å². The zero-order valence-corrected chi connectivity index (χ0v) is 16.9. The van der Waals surface area contributed by atoms with E-state index in [1.165, 1.54) is 11.3 Å². The van der Waals surface area contributed by atoms with Crippen LogP contribution in [0.15, 0.2) is 59.7 Å². The van der Waals surface area contributed by atoms with E-state index in [0.717, 1.165) is 12.0 Å². The predicted molar refractivity (Wildman–Crippen MR) is 112 cm³/mol. The van der Waals surface area contributed by atoms with Crippen molar-refractivity contribution in [3.05, 3.63) is 65.3 Å². The summed E-state index contributed by atoms with van der Waals surface area (Å²) in [5.41, 5.74) is 5.47. The van der Waals surface area contributed by atoms with Gasteiger partial charge in [-0.3, -0.25) is 10.0 Å². The van der Waals surface area contributed by atoms with E-state index in [1.54, 1.807) is 11.6 Å². The highest BCUT2D eigenvalue weighted by Gasteiger charge is 2.09. The molecule has 3 N–H and O–H groups in total. The topological polar surface area (TPSA) is 95.5 Å². The molecule has 0 saturated carbocycles. The number of aryl methyl sites for hydroxylation is 1. The first-order valence-electron chi connectivity index (χ1n) is 8.39. The first-order chi connectivity index (χ1) is 13.1. The second-order valence-electron chi connectivity index (χ2n) is 4.69. The Bertz CT molecular complexity index is 589. The van der Waals surface area contributed by atoms with Gasteiger partial charge < -0.3 is 14.9 Å². The van der Waals surface area contributed by atoms with Gasteiger partial charge in [-0.25, -0.2) is 5.48 Å². The highest BCUT2D eigenvalue weighted by molar-refractivity contribution is 5.97. The number of anilines is 1. The van der Waals surface area contributed by atoms with Gasteiger partial charge in [-0.15, -0.1) is 0 Å². The first-order valence-corrected chi connectivity index (χ1v) is 8.39. The molecule has 27 heavy (non-hydrogen) atoms. The molecule has 2 rings (SSSR count). The smallest absolute Gasteiger partial charge is 0.274 e. The number of nitrogens with one attached hydrogen (secondary N) is 2. The van der Waals surface area contributed by atoms with Crippen LogP contribution in [0.25, 0.3) is 0 Å². The highest BCUT2D eigenvalue weighted by Crippen LogP contribution is 2.13. The van der Waals surface area contributed by atoms with Gasteiger partial charge in [-0.05, 0) is 38.0 Å². The molecule has 1 aromatic rings. The number of hydrogen-bond donors (Lipinski definition) is 3. The third kappa shape index (κ3) is 13.9. The molecule has 1 amide bonds. The summed E-state index contributed by atoms with van der Waals surface area (Å²) in [6.07, 6.45) is 8.18. The van der Waals surface area contributed by atoms with Crippen molar-refractivity contribution in [1.82, 2.24) is 5.48 Å². The predicted octanol–water partition coefficient (Wildman–Crippen LogP) is 4.02. The van der Waals surface area contributed by atoms with Gasteiger partial charge in [0.25, 0.3) is 5.91 Å². The van der Waals surface area contributed by atoms with Crippen molar-refractivity contribution < 1.29 is 19.6 Å². The van der Waals surface area contributed by atoms with E-state index in [9.17, 15) is 4.79 Å². The average molecular weight is 376 g/mol. The van der Waals surface area contributed by atoms with Crippen LogP contribution in [0.3, 0.4) is 0 Å². The van der Waals surface area contributed by atoms with Crippen molar-refractivity contribution >= 4 is 25.2 Å². The SMILES string of the molecule is C=O.C=O.CC.CC1=CC=CCC=C1C(=O)NO.CNc1ccc(C)cc1. The average Bonchev–Trinajstić information content (AvgIpc) is 2.97. The number of hydroxylamine groups is 1. The van der Waals surface area contributed by atoms with Crippen LogP contribution in [0, 0.1) is 6.92 Å². The fraction of sp³-hybridized carbons (Fsp3) is 0.286. The van der Waals surface area contributed by atoms with Crippen LogP contribution in [-0.2, 0) is 14.4 Å². The van der Waals surface area contributed by atoms with Crippen LogP contribution in [0.2, 0.25) is 0 Å². The van der Waals surface area contributed by atoms with Crippen molar-refractivity contribution in [2.24, 2.45) is 0 Å². The number of benzene rings is 1. The molecule has 0 atom stereocenters. The molecular weight excluding hydrogens is 344 g/mol. The summed E-state index contributed by atoms with van der Waals surface area (Å²) in [5.74, 6) is -0.451. The summed E-state index contributed by atoms with van der Waals surface area (Å²) >= 11 is 0. The Kier molecular flexibility index (Phi) is 22.5. The van der Waals surface area contributed by atoms with Crippen molar-refractivity contribution in [2.75, 3.05) is 12.4 Å². The van der Waals surface area contributed by atoms with Gasteiger partial charge in [0.05, 0.1) is 0 Å². The Hall–Kier alpha value is -2.99. The zero-order chi connectivity index (χ0) is 21.7. The van der Waals surface area contributed by atoms with Crippen molar-refractivity contribution in [3.63, 3.8) is 0 Å². The molecule has 0 aromatic heterocycles. The van der Waals surface area contributed by atoms with Gasteiger partial charge in [0.15, 0.2) is 0 Å². The summed E-state index contributed by atoms with van der Waals surface area (Å²) in [4.78, 5) is 27.0. The second-order valence-corrected chi connectivity index (χ2v) is 4.69. The second kappa shape index (κ2) is 21.1. The van der Waals surface area contributed by atoms with Crippen LogP contribution < -0.4 is 10.8 Å². The molecule has 6 nitrogen and oxygen atoms in total. The van der Waals surface area contributed by atoms with Crippen LogP contribution in [-0.4, -0.2) is 31.7 Å². The van der Waals surface area contributed by atoms with Gasteiger partial charge in [0.2, 0.25) is 0 Å². The minimum atomic E-state index is -0.451. The summed E-state index contributed by atoms with van der Waals surface area (Å²) in [5, 5.41) is 11.5. The molecular formula is C21H32N2O4. The van der Waals surface area contributed by atoms with Crippen LogP contribution >= 0.6 is 0 Å². The molecule has 0 heterocycles. The van der Waals surface area contributed by atoms with E-state index < -0.39 is 5.91 Å². The molecule has 0 radical (unpaired) electrons. The molecule has 1 aliphatic rings. The Morgan fingerprint density at radius 3 is 2.00 bits per heavy atom. The summed E-state index contributed by atoms with van der Waals surface area (Å²) in [6, 6.07) is 8.31. The summed E-state index contributed by atoms with van der Waals surface area (Å²) in [7, 11) is 1.92. The third-order valence-corrected chi connectivity index (χ3v) is 3.05. The van der Waals surface area contributed by atoms with Gasteiger partial charge in [-0.1, -0.05) is 55.8 Å². The van der Waals surface area contributed by atoms with E-state index in [-0.39, 0.29) is 0 Å². The van der Waals surface area contributed by atoms with Gasteiger partial charge >= 0.3 is 0 Å². The lowest BCUT2D eigenvalue weighted by Crippen LogP contribution is -2.21. The van der Waals surface area contributed by atoms with Gasteiger partial charge in [-0.2, -0.15) is 0 Å². The molecule has 0 aliphatic heterocycles. The number of rotatable bonds is 2. The maximum atomic E-state index is 11.0. The van der Waals surface area contributed by atoms with E-state index in [4.69, 9.17) is 14.8 Å². The zero-order valence-electron chi connectivity index (χ0n) is 16.9. The lowest BCUT2D eigenvalue weighted by molar-refractivity contribution is -0.125. The monoisotopic (exact) mass is 376 g/mol. The van der Waals surface area contributed by atoms with E-state index in [0.29, 0.717) is 5.57 Å². The fourth-order valence-electron chi connectivity index (χ4n) is 1.78. The van der Waals surface area contributed by atoms with Crippen LogP contribution in [0.1, 0.15) is 32.8 Å². The normalized spacial score (nSPS) is 10.7. The number of allylic oxidation sites excluding steroid dienone is 4. The van der Waals surface area contributed by atoms with Crippen LogP contribution in [0.4, 0.5) is 5.69 Å². The van der Waals surface area contributed by atoms with Gasteiger partial charge in [0, 0.05) is 18.3 Å². The largest absolute Gasteiger partial charge is 0.388 e. The number of carbonyl (C=O) groups is 3. The number of carbonyl (C=O) groups excluding carboxylic acids is 3. The molecule has 0 saturated heterocycles. The Morgan fingerprint density at radius 1 is 1.04 bits per heavy atom. The molecule has 1 aromatic carbocycles. The molecule has 6 heteroatoms. The quantitative estimate of drug-likeness (QED) is 0.535. The molecule has 0 unspecified atom stereocenters. The Balaban J connectivity index is -0.000000341. The summed E-state index contributed by atoms with van der Waals surface area (Å²) < 4.78 is 0. The highest BCUT2D eigenvalue weighted by atomic mass is 16.5. The van der Waals surface area contributed by atoms with E-state index in [1.807, 2.05) is 59.6 Å². The van der Waals surface area contributed by atoms with Crippen LogP contribution in [0.5, 0.6) is 0 Å². The number of hydrogen-bond acceptors (Lipinski definition) is 5. The maximum Gasteiger partial charge on any atom is 0.274 e. The molecule has 0 spiro atoms. The molecule has 150 valence electrons. The van der Waals surface area contributed by atoms with Crippen molar-refractivity contribution in [1.29, 1.82) is 0 Å². The molecule has 0 bridgehead atoms. The molecule has 1 aliphatic carbocycles. The van der Waals surface area contributed by atoms with Crippen molar-refractivity contribution in [2.45, 2.75) is 34.1 Å². The lowest BCUT2D eigenvalue weighted by atomic mass is 10.1. The number of amides is 1. The summed E-state index contributed by atoms with van der Waals surface area (Å²) in [6.45, 7) is 11.9. The lowest BCUT2D eigenvalue weighted by Gasteiger charge is -2.02. The minimum absolute atomic E-state index is 0.451. The van der Waals surface area contributed by atoms with E-state index >= 15 is 0 Å². The Morgan fingerprint density at radius 2 is 1.56 bits per heavy atom. The maximum absolute atomic E-state index is 11.0. The first kappa shape index (κ1) is 28.8. The third-order valence-electron chi connectivity index (χ3n) is 3.05. The molecule has 0 fully saturated rings. The standard InChI is InChI=1S/C9H11NO2.C8H11N.C2H6.2CH2O/c1-7-5-3-2-4-6-8(7)9(11)10-12;1-7-3-5-8(9-2)6-4-7;3*1-2/h2-3,5-6,12H,4H2,1H3,(H,10,11);3-6,9H,1-2H3;1-2H3;2*1H2. The van der Waals surface area contributed by atoms with Gasteiger partial charge in [0.1, 0.15) is 13.6 Å². The Labute approximate surface area is 162 Å². The minimum Gasteiger partial charge on any atom is -0.388 e. The fourth-order valence-corrected chi connectivity index (χ4v) is 1.78. The van der Waals surface area contributed by atoms with E-state index in [2.05, 4.69) is 36.5 Å².